The number of hydrogen-bond acceptors (Lipinski definition) is 2. The first kappa shape index (κ1) is 18.4. The van der Waals surface area contributed by atoms with E-state index in [0.29, 0.717) is 11.9 Å². The monoisotopic (exact) mass is 342 g/mol. The van der Waals surface area contributed by atoms with Crippen LogP contribution in [0, 0.1) is 11.3 Å². The predicted octanol–water partition coefficient (Wildman–Crippen LogP) is 4.03. The molecule has 2 fully saturated rings. The molecule has 0 atom stereocenters. The highest BCUT2D eigenvalue weighted by atomic mass is 16.2. The van der Waals surface area contributed by atoms with Crippen molar-refractivity contribution in [3.8, 4) is 0 Å². The number of likely N-dealkylation sites (tertiary alicyclic amines) is 1. The van der Waals surface area contributed by atoms with Crippen molar-refractivity contribution in [3.63, 3.8) is 0 Å². The van der Waals surface area contributed by atoms with Crippen molar-refractivity contribution in [1.29, 1.82) is 0 Å². The Morgan fingerprint density at radius 2 is 1.80 bits per heavy atom. The third-order valence-electron chi connectivity index (χ3n) is 5.86. The van der Waals surface area contributed by atoms with Gasteiger partial charge in [0.15, 0.2) is 0 Å². The fourth-order valence-electron chi connectivity index (χ4n) is 3.86. The smallest absolute Gasteiger partial charge is 0.228 e. The summed E-state index contributed by atoms with van der Waals surface area (Å²) in [4.78, 5) is 15.1. The third-order valence-corrected chi connectivity index (χ3v) is 5.86. The number of carbonyl (C=O) groups is 1. The van der Waals surface area contributed by atoms with Gasteiger partial charge in [-0.15, -0.1) is 0 Å². The van der Waals surface area contributed by atoms with Gasteiger partial charge in [-0.1, -0.05) is 44.2 Å². The second-order valence-corrected chi connectivity index (χ2v) is 8.64. The fraction of sp³-hybridized carbons (Fsp3) is 0.682. The van der Waals surface area contributed by atoms with Gasteiger partial charge >= 0.3 is 0 Å². The maximum Gasteiger partial charge on any atom is 0.228 e. The molecule has 1 aliphatic heterocycles. The average molecular weight is 343 g/mol. The minimum Gasteiger partial charge on any atom is -0.342 e. The number of hydrogen-bond donors (Lipinski definition) is 1. The number of benzene rings is 1. The van der Waals surface area contributed by atoms with Crippen molar-refractivity contribution in [2.24, 2.45) is 11.3 Å². The van der Waals surface area contributed by atoms with Crippen LogP contribution in [-0.2, 0) is 11.2 Å². The lowest BCUT2D eigenvalue weighted by molar-refractivity contribution is -0.142. The lowest BCUT2D eigenvalue weighted by Gasteiger charge is -2.37. The number of nitrogens with one attached hydrogen (secondary N) is 1. The van der Waals surface area contributed by atoms with Crippen molar-refractivity contribution >= 4 is 5.91 Å². The summed E-state index contributed by atoms with van der Waals surface area (Å²) in [5, 5.41) is 3.70. The van der Waals surface area contributed by atoms with Gasteiger partial charge in [-0.05, 0) is 63.0 Å². The second kappa shape index (κ2) is 8.35. The van der Waals surface area contributed by atoms with Gasteiger partial charge in [0.05, 0.1) is 0 Å². The highest BCUT2D eigenvalue weighted by Gasteiger charge is 2.33. The lowest BCUT2D eigenvalue weighted by Crippen LogP contribution is -2.49. The Labute approximate surface area is 153 Å². The van der Waals surface area contributed by atoms with Crippen molar-refractivity contribution < 1.29 is 4.79 Å². The van der Waals surface area contributed by atoms with Crippen LogP contribution in [0.4, 0.5) is 0 Å². The molecular weight excluding hydrogens is 308 g/mol. The summed E-state index contributed by atoms with van der Waals surface area (Å²) in [5.74, 6) is 1.28. The van der Waals surface area contributed by atoms with E-state index in [9.17, 15) is 4.79 Å². The molecule has 3 nitrogen and oxygen atoms in total. The van der Waals surface area contributed by atoms with Gasteiger partial charge in [-0.2, -0.15) is 0 Å². The van der Waals surface area contributed by atoms with E-state index in [1.54, 1.807) is 0 Å². The summed E-state index contributed by atoms with van der Waals surface area (Å²) in [6.07, 6.45) is 8.12. The summed E-state index contributed by atoms with van der Waals surface area (Å²) in [6.45, 7) is 7.27. The second-order valence-electron chi connectivity index (χ2n) is 8.64. The van der Waals surface area contributed by atoms with Crippen LogP contribution in [0.25, 0.3) is 0 Å². The molecule has 1 aliphatic carbocycles. The molecule has 138 valence electrons. The van der Waals surface area contributed by atoms with Gasteiger partial charge in [0, 0.05) is 24.5 Å². The molecule has 1 saturated carbocycles. The Balaban J connectivity index is 1.39. The van der Waals surface area contributed by atoms with Crippen LogP contribution in [0.3, 0.4) is 0 Å². The Kier molecular flexibility index (Phi) is 6.16. The number of piperidine rings is 1. The summed E-state index contributed by atoms with van der Waals surface area (Å²) in [7, 11) is 0. The summed E-state index contributed by atoms with van der Waals surface area (Å²) in [5.41, 5.74) is 1.12. The molecule has 0 spiro atoms. The van der Waals surface area contributed by atoms with Crippen LogP contribution in [0.15, 0.2) is 30.3 Å². The van der Waals surface area contributed by atoms with E-state index in [-0.39, 0.29) is 5.41 Å². The molecule has 0 bridgehead atoms. The first-order valence-electron chi connectivity index (χ1n) is 10.1. The van der Waals surface area contributed by atoms with Crippen molar-refractivity contribution in [3.05, 3.63) is 35.9 Å². The standard InChI is InChI=1S/C22H34N2O/c1-22(2,14-6-9-18-7-4-3-5-8-18)21(25)24-15-12-20(13-16-24)23-17-19-10-11-19/h3-5,7-8,19-20,23H,6,9-17H2,1-2H3. The first-order chi connectivity index (χ1) is 12.0. The van der Waals surface area contributed by atoms with Gasteiger partial charge in [0.2, 0.25) is 5.91 Å². The normalized spacial score (nSPS) is 19.2. The molecule has 1 amide bonds. The van der Waals surface area contributed by atoms with E-state index >= 15 is 0 Å². The number of rotatable bonds is 8. The summed E-state index contributed by atoms with van der Waals surface area (Å²) in [6, 6.07) is 11.2. The summed E-state index contributed by atoms with van der Waals surface area (Å²) < 4.78 is 0. The molecule has 2 aliphatic rings. The molecule has 3 heteroatoms. The third kappa shape index (κ3) is 5.57. The quantitative estimate of drug-likeness (QED) is 0.774. The topological polar surface area (TPSA) is 32.3 Å². The van der Waals surface area contributed by atoms with Crippen LogP contribution < -0.4 is 5.32 Å². The summed E-state index contributed by atoms with van der Waals surface area (Å²) >= 11 is 0. The molecule has 1 saturated heterocycles. The van der Waals surface area contributed by atoms with E-state index in [2.05, 4.69) is 54.4 Å². The molecule has 3 rings (SSSR count). The van der Waals surface area contributed by atoms with E-state index in [0.717, 1.165) is 51.1 Å². The Morgan fingerprint density at radius 3 is 2.44 bits per heavy atom. The minimum absolute atomic E-state index is 0.247. The van der Waals surface area contributed by atoms with Crippen LogP contribution in [0.1, 0.15) is 57.9 Å². The van der Waals surface area contributed by atoms with E-state index < -0.39 is 0 Å². The van der Waals surface area contributed by atoms with Gasteiger partial charge in [0.1, 0.15) is 0 Å². The predicted molar refractivity (Wildman–Crippen MR) is 103 cm³/mol. The molecule has 1 aromatic rings. The van der Waals surface area contributed by atoms with Crippen molar-refractivity contribution in [2.45, 2.75) is 64.8 Å². The molecule has 0 radical (unpaired) electrons. The van der Waals surface area contributed by atoms with E-state index in [4.69, 9.17) is 0 Å². The van der Waals surface area contributed by atoms with E-state index in [1.165, 1.54) is 24.9 Å². The van der Waals surface area contributed by atoms with Gasteiger partial charge < -0.3 is 10.2 Å². The van der Waals surface area contributed by atoms with Crippen molar-refractivity contribution in [2.75, 3.05) is 19.6 Å². The van der Waals surface area contributed by atoms with Crippen LogP contribution >= 0.6 is 0 Å². The molecule has 0 unspecified atom stereocenters. The maximum atomic E-state index is 13.0. The first-order valence-corrected chi connectivity index (χ1v) is 10.1. The molecular formula is C22H34N2O. The Bertz CT molecular complexity index is 542. The maximum absolute atomic E-state index is 13.0. The molecule has 25 heavy (non-hydrogen) atoms. The zero-order valence-electron chi connectivity index (χ0n) is 16.0. The van der Waals surface area contributed by atoms with E-state index in [1.807, 2.05) is 0 Å². The SMILES string of the molecule is CC(C)(CCCc1ccccc1)C(=O)N1CCC(NCC2CC2)CC1. The highest BCUT2D eigenvalue weighted by molar-refractivity contribution is 5.82. The number of carbonyl (C=O) groups excluding carboxylic acids is 1. The number of amides is 1. The average Bonchev–Trinajstić information content (AvgIpc) is 3.45. The van der Waals surface area contributed by atoms with Gasteiger partial charge in [-0.3, -0.25) is 4.79 Å². The van der Waals surface area contributed by atoms with Gasteiger partial charge in [-0.25, -0.2) is 0 Å². The lowest BCUT2D eigenvalue weighted by atomic mass is 9.84. The van der Waals surface area contributed by atoms with Gasteiger partial charge in [0.25, 0.3) is 0 Å². The molecule has 1 aromatic carbocycles. The van der Waals surface area contributed by atoms with Crippen molar-refractivity contribution in [1.82, 2.24) is 10.2 Å². The largest absolute Gasteiger partial charge is 0.342 e. The Hall–Kier alpha value is -1.35. The minimum atomic E-state index is -0.247. The molecule has 1 N–H and O–H groups in total. The molecule has 0 aromatic heterocycles. The number of nitrogens with zero attached hydrogens (tertiary/aromatic N) is 1. The highest BCUT2D eigenvalue weighted by Crippen LogP contribution is 2.29. The fourth-order valence-corrected chi connectivity index (χ4v) is 3.86. The van der Waals surface area contributed by atoms with Crippen LogP contribution in [-0.4, -0.2) is 36.5 Å². The molecule has 1 heterocycles. The van der Waals surface area contributed by atoms with Crippen LogP contribution in [0.5, 0.6) is 0 Å². The Morgan fingerprint density at radius 1 is 1.12 bits per heavy atom. The number of aryl methyl sites for hydroxylation is 1. The zero-order chi connectivity index (χ0) is 17.7. The zero-order valence-corrected chi connectivity index (χ0v) is 16.0. The van der Waals surface area contributed by atoms with Crippen LogP contribution in [0.2, 0.25) is 0 Å².